The number of terminal acetylenes is 1. The SMILES string of the molecule is C#CCOc1ccc(-c2cccc(O)c2)cc1. The Balaban J connectivity index is 2.21. The minimum absolute atomic E-state index is 0.259. The number of aromatic hydroxyl groups is 1. The fourth-order valence-corrected chi connectivity index (χ4v) is 1.55. The average molecular weight is 224 g/mol. The lowest BCUT2D eigenvalue weighted by molar-refractivity contribution is 0.370. The summed E-state index contributed by atoms with van der Waals surface area (Å²) in [5, 5.41) is 9.40. The molecule has 0 aromatic heterocycles. The van der Waals surface area contributed by atoms with Crippen LogP contribution in [-0.2, 0) is 0 Å². The molecule has 84 valence electrons. The second-order valence-corrected chi connectivity index (χ2v) is 3.57. The summed E-state index contributed by atoms with van der Waals surface area (Å²) in [6, 6.07) is 14.7. The third-order valence-corrected chi connectivity index (χ3v) is 2.36. The predicted molar refractivity (Wildman–Crippen MR) is 67.9 cm³/mol. The van der Waals surface area contributed by atoms with Crippen LogP contribution in [0.25, 0.3) is 11.1 Å². The van der Waals surface area contributed by atoms with Crippen molar-refractivity contribution in [3.8, 4) is 35.0 Å². The van der Waals surface area contributed by atoms with Gasteiger partial charge >= 0.3 is 0 Å². The van der Waals surface area contributed by atoms with Crippen molar-refractivity contribution >= 4 is 0 Å². The maximum Gasteiger partial charge on any atom is 0.148 e. The first-order chi connectivity index (χ1) is 8.29. The van der Waals surface area contributed by atoms with Crippen LogP contribution >= 0.6 is 0 Å². The van der Waals surface area contributed by atoms with Crippen LogP contribution in [-0.4, -0.2) is 11.7 Å². The molecule has 0 atom stereocenters. The van der Waals surface area contributed by atoms with E-state index in [-0.39, 0.29) is 12.4 Å². The summed E-state index contributed by atoms with van der Waals surface area (Å²) < 4.78 is 5.28. The maximum absolute atomic E-state index is 9.40. The van der Waals surface area contributed by atoms with E-state index in [1.807, 2.05) is 36.4 Å². The topological polar surface area (TPSA) is 29.5 Å². The molecule has 0 heterocycles. The fourth-order valence-electron chi connectivity index (χ4n) is 1.55. The lowest BCUT2D eigenvalue weighted by atomic mass is 10.1. The Bertz CT molecular complexity index is 536. The number of hydrogen-bond acceptors (Lipinski definition) is 2. The van der Waals surface area contributed by atoms with E-state index in [9.17, 15) is 5.11 Å². The van der Waals surface area contributed by atoms with Crippen LogP contribution in [0.4, 0.5) is 0 Å². The highest BCUT2D eigenvalue weighted by Gasteiger charge is 1.99. The molecule has 1 N–H and O–H groups in total. The highest BCUT2D eigenvalue weighted by molar-refractivity contribution is 5.65. The van der Waals surface area contributed by atoms with Gasteiger partial charge in [0.2, 0.25) is 0 Å². The van der Waals surface area contributed by atoms with Gasteiger partial charge in [0, 0.05) is 0 Å². The molecular formula is C15H12O2. The molecule has 0 saturated carbocycles. The highest BCUT2D eigenvalue weighted by Crippen LogP contribution is 2.25. The van der Waals surface area contributed by atoms with Gasteiger partial charge in [-0.1, -0.05) is 30.2 Å². The molecule has 0 unspecified atom stereocenters. The van der Waals surface area contributed by atoms with Gasteiger partial charge in [-0.3, -0.25) is 0 Å². The summed E-state index contributed by atoms with van der Waals surface area (Å²) in [6.45, 7) is 0.269. The quantitative estimate of drug-likeness (QED) is 0.812. The van der Waals surface area contributed by atoms with Crippen LogP contribution in [0.5, 0.6) is 11.5 Å². The Kier molecular flexibility index (Phi) is 3.32. The standard InChI is InChI=1S/C15H12O2/c1-2-10-17-15-8-6-12(7-9-15)13-4-3-5-14(16)11-13/h1,3-9,11,16H,10H2. The molecule has 0 aliphatic heterocycles. The molecule has 0 spiro atoms. The predicted octanol–water partition coefficient (Wildman–Crippen LogP) is 3.07. The summed E-state index contributed by atoms with van der Waals surface area (Å²) in [5.74, 6) is 3.42. The van der Waals surface area contributed by atoms with Crippen molar-refractivity contribution in [3.05, 3.63) is 48.5 Å². The van der Waals surface area contributed by atoms with Crippen LogP contribution in [0.2, 0.25) is 0 Å². The minimum atomic E-state index is 0.259. The van der Waals surface area contributed by atoms with Crippen molar-refractivity contribution in [1.29, 1.82) is 0 Å². The molecule has 0 aliphatic rings. The smallest absolute Gasteiger partial charge is 0.148 e. The molecular weight excluding hydrogens is 212 g/mol. The summed E-state index contributed by atoms with van der Waals surface area (Å²) in [5.41, 5.74) is 1.99. The summed E-state index contributed by atoms with van der Waals surface area (Å²) >= 11 is 0. The molecule has 0 fully saturated rings. The van der Waals surface area contributed by atoms with Crippen LogP contribution in [0.15, 0.2) is 48.5 Å². The van der Waals surface area contributed by atoms with E-state index in [1.54, 1.807) is 12.1 Å². The van der Waals surface area contributed by atoms with E-state index in [0.717, 1.165) is 16.9 Å². The van der Waals surface area contributed by atoms with Gasteiger partial charge in [0.15, 0.2) is 0 Å². The van der Waals surface area contributed by atoms with Gasteiger partial charge in [-0.2, -0.15) is 0 Å². The number of phenols is 1. The molecule has 2 heteroatoms. The van der Waals surface area contributed by atoms with Crippen molar-refractivity contribution in [2.45, 2.75) is 0 Å². The normalized spacial score (nSPS) is 9.59. The Morgan fingerprint density at radius 1 is 1.06 bits per heavy atom. The zero-order valence-corrected chi connectivity index (χ0v) is 9.26. The summed E-state index contributed by atoms with van der Waals surface area (Å²) in [6.07, 6.45) is 5.11. The van der Waals surface area contributed by atoms with Crippen LogP contribution in [0.3, 0.4) is 0 Å². The lowest BCUT2D eigenvalue weighted by Crippen LogP contribution is -1.92. The second-order valence-electron chi connectivity index (χ2n) is 3.57. The van der Waals surface area contributed by atoms with E-state index in [4.69, 9.17) is 11.2 Å². The first-order valence-electron chi connectivity index (χ1n) is 5.25. The molecule has 0 bridgehead atoms. The van der Waals surface area contributed by atoms with Gasteiger partial charge in [0.25, 0.3) is 0 Å². The minimum Gasteiger partial charge on any atom is -0.508 e. The zero-order chi connectivity index (χ0) is 12.1. The number of phenolic OH excluding ortho intramolecular Hbond substituents is 1. The van der Waals surface area contributed by atoms with Gasteiger partial charge in [-0.05, 0) is 35.4 Å². The highest BCUT2D eigenvalue weighted by atomic mass is 16.5. The lowest BCUT2D eigenvalue weighted by Gasteiger charge is -2.05. The first kappa shape index (κ1) is 11.1. The van der Waals surface area contributed by atoms with Crippen molar-refractivity contribution in [1.82, 2.24) is 0 Å². The Hall–Kier alpha value is -2.40. The molecule has 0 radical (unpaired) electrons. The third-order valence-electron chi connectivity index (χ3n) is 2.36. The molecule has 2 aromatic rings. The Labute approximate surface area is 100 Å². The zero-order valence-electron chi connectivity index (χ0n) is 9.26. The number of benzene rings is 2. The monoisotopic (exact) mass is 224 g/mol. The maximum atomic E-state index is 9.40. The average Bonchev–Trinajstić information content (AvgIpc) is 2.37. The van der Waals surface area contributed by atoms with Gasteiger partial charge in [-0.15, -0.1) is 6.42 Å². The van der Waals surface area contributed by atoms with E-state index < -0.39 is 0 Å². The number of rotatable bonds is 3. The number of ether oxygens (including phenoxy) is 1. The Morgan fingerprint density at radius 3 is 2.47 bits per heavy atom. The fraction of sp³-hybridized carbons (Fsp3) is 0.0667. The third kappa shape index (κ3) is 2.79. The van der Waals surface area contributed by atoms with Crippen molar-refractivity contribution in [2.75, 3.05) is 6.61 Å². The molecule has 2 rings (SSSR count). The van der Waals surface area contributed by atoms with E-state index in [1.165, 1.54) is 0 Å². The van der Waals surface area contributed by atoms with Gasteiger partial charge in [-0.25, -0.2) is 0 Å². The van der Waals surface area contributed by atoms with E-state index in [0.29, 0.717) is 0 Å². The van der Waals surface area contributed by atoms with E-state index in [2.05, 4.69) is 5.92 Å². The van der Waals surface area contributed by atoms with Crippen LogP contribution in [0, 0.1) is 12.3 Å². The molecule has 2 nitrogen and oxygen atoms in total. The van der Waals surface area contributed by atoms with Crippen molar-refractivity contribution in [2.24, 2.45) is 0 Å². The van der Waals surface area contributed by atoms with Crippen molar-refractivity contribution < 1.29 is 9.84 Å². The largest absolute Gasteiger partial charge is 0.508 e. The molecule has 0 saturated heterocycles. The first-order valence-corrected chi connectivity index (χ1v) is 5.25. The van der Waals surface area contributed by atoms with Crippen LogP contribution in [0.1, 0.15) is 0 Å². The number of hydrogen-bond donors (Lipinski definition) is 1. The summed E-state index contributed by atoms with van der Waals surface area (Å²) in [7, 11) is 0. The van der Waals surface area contributed by atoms with Gasteiger partial charge < -0.3 is 9.84 Å². The molecule has 17 heavy (non-hydrogen) atoms. The van der Waals surface area contributed by atoms with Gasteiger partial charge in [0.1, 0.15) is 18.1 Å². The van der Waals surface area contributed by atoms with Crippen molar-refractivity contribution in [3.63, 3.8) is 0 Å². The molecule has 2 aromatic carbocycles. The van der Waals surface area contributed by atoms with Gasteiger partial charge in [0.05, 0.1) is 0 Å². The van der Waals surface area contributed by atoms with Crippen LogP contribution < -0.4 is 4.74 Å². The Morgan fingerprint density at radius 2 is 1.82 bits per heavy atom. The molecule has 0 aliphatic carbocycles. The van der Waals surface area contributed by atoms with E-state index >= 15 is 0 Å². The summed E-state index contributed by atoms with van der Waals surface area (Å²) in [4.78, 5) is 0. The second kappa shape index (κ2) is 5.09. The molecule has 0 amide bonds.